The van der Waals surface area contributed by atoms with Gasteiger partial charge in [0.25, 0.3) is 0 Å². The van der Waals surface area contributed by atoms with Gasteiger partial charge in [0, 0.05) is 30.5 Å². The maximum absolute atomic E-state index is 4.47. The second-order valence-electron chi connectivity index (χ2n) is 4.91. The van der Waals surface area contributed by atoms with Gasteiger partial charge in [0.1, 0.15) is 5.82 Å². The monoisotopic (exact) mass is 257 g/mol. The van der Waals surface area contributed by atoms with Crippen molar-refractivity contribution in [3.05, 3.63) is 42.7 Å². The van der Waals surface area contributed by atoms with Gasteiger partial charge in [0.05, 0.1) is 0 Å². The lowest BCUT2D eigenvalue weighted by Gasteiger charge is -2.13. The Labute approximate surface area is 115 Å². The van der Waals surface area contributed by atoms with Crippen LogP contribution in [0.2, 0.25) is 0 Å². The van der Waals surface area contributed by atoms with E-state index in [4.69, 9.17) is 0 Å². The zero-order valence-electron chi connectivity index (χ0n) is 11.8. The van der Waals surface area contributed by atoms with Crippen LogP contribution in [-0.4, -0.2) is 22.1 Å². The average Bonchev–Trinajstić information content (AvgIpc) is 2.88. The van der Waals surface area contributed by atoms with Crippen molar-refractivity contribution in [3.8, 4) is 11.4 Å². The highest BCUT2D eigenvalue weighted by Crippen LogP contribution is 2.17. The minimum absolute atomic E-state index is 0.591. The van der Waals surface area contributed by atoms with Gasteiger partial charge in [-0.2, -0.15) is 0 Å². The molecule has 1 heterocycles. The van der Waals surface area contributed by atoms with E-state index >= 15 is 0 Å². The van der Waals surface area contributed by atoms with Crippen molar-refractivity contribution in [2.24, 2.45) is 0 Å². The predicted molar refractivity (Wildman–Crippen MR) is 80.0 cm³/mol. The molecule has 0 saturated carbocycles. The van der Waals surface area contributed by atoms with Crippen LogP contribution in [0.15, 0.2) is 42.7 Å². The van der Waals surface area contributed by atoms with E-state index in [1.807, 2.05) is 12.3 Å². The predicted octanol–water partition coefficient (Wildman–Crippen LogP) is 3.33. The number of nitrogens with zero attached hydrogens (tertiary/aromatic N) is 2. The first-order valence-corrected chi connectivity index (χ1v) is 7.11. The fourth-order valence-corrected chi connectivity index (χ4v) is 2.36. The van der Waals surface area contributed by atoms with Crippen LogP contribution in [0.1, 0.15) is 26.7 Å². The van der Waals surface area contributed by atoms with Crippen LogP contribution in [0, 0.1) is 0 Å². The number of imidazole rings is 1. The summed E-state index contributed by atoms with van der Waals surface area (Å²) in [5.74, 6) is 1.07. The highest BCUT2D eigenvalue weighted by molar-refractivity contribution is 5.54. The Morgan fingerprint density at radius 3 is 2.79 bits per heavy atom. The molecule has 0 aliphatic rings. The summed E-state index contributed by atoms with van der Waals surface area (Å²) < 4.78 is 2.24. The number of hydrogen-bond donors (Lipinski definition) is 1. The summed E-state index contributed by atoms with van der Waals surface area (Å²) in [6.45, 7) is 6.47. The van der Waals surface area contributed by atoms with Gasteiger partial charge in [0.2, 0.25) is 0 Å². The third-order valence-corrected chi connectivity index (χ3v) is 3.34. The summed E-state index contributed by atoms with van der Waals surface area (Å²) >= 11 is 0. The van der Waals surface area contributed by atoms with E-state index in [0.717, 1.165) is 18.9 Å². The molecule has 0 saturated heterocycles. The fraction of sp³-hybridized carbons (Fsp3) is 0.438. The van der Waals surface area contributed by atoms with Crippen molar-refractivity contribution in [1.29, 1.82) is 0 Å². The van der Waals surface area contributed by atoms with Crippen LogP contribution in [0.3, 0.4) is 0 Å². The third-order valence-electron chi connectivity index (χ3n) is 3.34. The lowest BCUT2D eigenvalue weighted by Crippen LogP contribution is -2.25. The molecule has 0 amide bonds. The van der Waals surface area contributed by atoms with Crippen LogP contribution in [0.25, 0.3) is 11.4 Å². The van der Waals surface area contributed by atoms with Crippen molar-refractivity contribution in [2.75, 3.05) is 6.54 Å². The number of aromatic nitrogens is 2. The van der Waals surface area contributed by atoms with E-state index in [9.17, 15) is 0 Å². The molecule has 1 unspecified atom stereocenters. The van der Waals surface area contributed by atoms with Gasteiger partial charge in [-0.3, -0.25) is 0 Å². The average molecular weight is 257 g/mol. The molecule has 19 heavy (non-hydrogen) atoms. The number of hydrogen-bond acceptors (Lipinski definition) is 2. The highest BCUT2D eigenvalue weighted by atomic mass is 15.1. The van der Waals surface area contributed by atoms with Gasteiger partial charge in [-0.1, -0.05) is 37.3 Å². The summed E-state index contributed by atoms with van der Waals surface area (Å²) in [4.78, 5) is 4.47. The molecule has 1 aromatic carbocycles. The maximum Gasteiger partial charge on any atom is 0.139 e. The number of benzene rings is 1. The topological polar surface area (TPSA) is 29.9 Å². The molecule has 0 fully saturated rings. The zero-order valence-corrected chi connectivity index (χ0v) is 11.8. The summed E-state index contributed by atoms with van der Waals surface area (Å²) in [5.41, 5.74) is 1.19. The molecule has 0 radical (unpaired) electrons. The lowest BCUT2D eigenvalue weighted by molar-refractivity contribution is 0.487. The molecular weight excluding hydrogens is 234 g/mol. The van der Waals surface area contributed by atoms with Crippen LogP contribution < -0.4 is 5.32 Å². The molecule has 3 heteroatoms. The Balaban J connectivity index is 1.94. The normalized spacial score (nSPS) is 12.5. The van der Waals surface area contributed by atoms with Crippen LogP contribution in [0.4, 0.5) is 0 Å². The van der Waals surface area contributed by atoms with Crippen molar-refractivity contribution in [1.82, 2.24) is 14.9 Å². The maximum atomic E-state index is 4.47. The smallest absolute Gasteiger partial charge is 0.139 e. The van der Waals surface area contributed by atoms with Crippen molar-refractivity contribution in [3.63, 3.8) is 0 Å². The Morgan fingerprint density at radius 2 is 2.05 bits per heavy atom. The fourth-order valence-electron chi connectivity index (χ4n) is 2.36. The first-order valence-electron chi connectivity index (χ1n) is 7.11. The van der Waals surface area contributed by atoms with Gasteiger partial charge in [0.15, 0.2) is 0 Å². The first kappa shape index (κ1) is 13.8. The standard InChI is InChI=1S/C16H23N3/c1-3-17-14(2)8-7-12-19-13-11-18-16(19)15-9-5-4-6-10-15/h4-6,9-11,13-14,17H,3,7-8,12H2,1-2H3. The molecule has 1 atom stereocenters. The van der Waals surface area contributed by atoms with Gasteiger partial charge in [-0.05, 0) is 26.3 Å². The van der Waals surface area contributed by atoms with E-state index in [2.05, 4.69) is 59.2 Å². The van der Waals surface area contributed by atoms with Gasteiger partial charge < -0.3 is 9.88 Å². The molecular formula is C16H23N3. The Hall–Kier alpha value is -1.61. The Morgan fingerprint density at radius 1 is 1.26 bits per heavy atom. The van der Waals surface area contributed by atoms with Gasteiger partial charge in [-0.25, -0.2) is 4.98 Å². The van der Waals surface area contributed by atoms with Crippen molar-refractivity contribution >= 4 is 0 Å². The number of rotatable bonds is 7. The molecule has 0 bridgehead atoms. The molecule has 2 aromatic rings. The quantitative estimate of drug-likeness (QED) is 0.824. The highest BCUT2D eigenvalue weighted by Gasteiger charge is 2.06. The molecule has 0 aliphatic heterocycles. The van der Waals surface area contributed by atoms with Gasteiger partial charge >= 0.3 is 0 Å². The third kappa shape index (κ3) is 3.93. The molecule has 1 aromatic heterocycles. The molecule has 2 rings (SSSR count). The summed E-state index contributed by atoms with van der Waals surface area (Å²) in [5, 5.41) is 3.45. The molecule has 0 aliphatic carbocycles. The Kier molecular flexibility index (Phi) is 5.16. The van der Waals surface area contributed by atoms with Crippen LogP contribution in [-0.2, 0) is 6.54 Å². The second-order valence-corrected chi connectivity index (χ2v) is 4.91. The second kappa shape index (κ2) is 7.10. The lowest BCUT2D eigenvalue weighted by atomic mass is 10.1. The summed E-state index contributed by atoms with van der Waals surface area (Å²) in [6.07, 6.45) is 6.32. The van der Waals surface area contributed by atoms with E-state index in [1.165, 1.54) is 18.4 Å². The zero-order chi connectivity index (χ0) is 13.5. The molecule has 1 N–H and O–H groups in total. The SMILES string of the molecule is CCNC(C)CCCn1ccnc1-c1ccccc1. The summed E-state index contributed by atoms with van der Waals surface area (Å²) in [6, 6.07) is 11.0. The largest absolute Gasteiger partial charge is 0.331 e. The van der Waals surface area contributed by atoms with Crippen molar-refractivity contribution < 1.29 is 0 Å². The molecule has 3 nitrogen and oxygen atoms in total. The number of aryl methyl sites for hydroxylation is 1. The van der Waals surface area contributed by atoms with E-state index in [1.54, 1.807) is 0 Å². The minimum atomic E-state index is 0.591. The van der Waals surface area contributed by atoms with Crippen LogP contribution >= 0.6 is 0 Å². The van der Waals surface area contributed by atoms with E-state index < -0.39 is 0 Å². The Bertz CT molecular complexity index is 476. The van der Waals surface area contributed by atoms with Crippen molar-refractivity contribution in [2.45, 2.75) is 39.3 Å². The number of nitrogens with one attached hydrogen (secondary N) is 1. The summed E-state index contributed by atoms with van der Waals surface area (Å²) in [7, 11) is 0. The van der Waals surface area contributed by atoms with Gasteiger partial charge in [-0.15, -0.1) is 0 Å². The van der Waals surface area contributed by atoms with Crippen LogP contribution in [0.5, 0.6) is 0 Å². The molecule has 0 spiro atoms. The van der Waals surface area contributed by atoms with E-state index in [0.29, 0.717) is 6.04 Å². The van der Waals surface area contributed by atoms with E-state index in [-0.39, 0.29) is 0 Å². The minimum Gasteiger partial charge on any atom is -0.331 e. The first-order chi connectivity index (χ1) is 9.31. The molecule has 102 valence electrons.